The number of amides is 1. The van der Waals surface area contributed by atoms with Crippen LogP contribution in [0, 0.1) is 0 Å². The van der Waals surface area contributed by atoms with E-state index in [1.807, 2.05) is 26.2 Å². The third-order valence-corrected chi connectivity index (χ3v) is 3.57. The van der Waals surface area contributed by atoms with E-state index < -0.39 is 0 Å². The number of thiophene rings is 1. The van der Waals surface area contributed by atoms with Crippen LogP contribution in [0.2, 0.25) is 0 Å². The lowest BCUT2D eigenvalue weighted by molar-refractivity contribution is 0.0933. The number of rotatable bonds is 5. The van der Waals surface area contributed by atoms with Crippen molar-refractivity contribution in [2.24, 2.45) is 0 Å². The number of carbonyl (C=O) groups is 1. The molecule has 0 radical (unpaired) electrons. The van der Waals surface area contributed by atoms with Crippen LogP contribution in [0.1, 0.15) is 48.5 Å². The second kappa shape index (κ2) is 6.02. The summed E-state index contributed by atoms with van der Waals surface area (Å²) < 4.78 is 5.26. The van der Waals surface area contributed by atoms with Gasteiger partial charge < -0.3 is 9.73 Å². The zero-order valence-corrected chi connectivity index (χ0v) is 12.2. The average Bonchev–Trinajstić information content (AvgIpc) is 2.97. The van der Waals surface area contributed by atoms with Gasteiger partial charge in [-0.3, -0.25) is 4.79 Å². The molecule has 0 aliphatic carbocycles. The van der Waals surface area contributed by atoms with Gasteiger partial charge in [0.25, 0.3) is 5.91 Å². The molecule has 2 aromatic heterocycles. The summed E-state index contributed by atoms with van der Waals surface area (Å²) in [5.74, 6) is 0.621. The maximum Gasteiger partial charge on any atom is 0.273 e. The van der Waals surface area contributed by atoms with Crippen molar-refractivity contribution in [3.8, 4) is 0 Å². The first-order valence-electron chi connectivity index (χ1n) is 6.33. The van der Waals surface area contributed by atoms with Crippen LogP contribution in [-0.4, -0.2) is 16.9 Å². The first-order valence-corrected chi connectivity index (χ1v) is 7.27. The first kappa shape index (κ1) is 13.8. The summed E-state index contributed by atoms with van der Waals surface area (Å²) in [7, 11) is 0. The Morgan fingerprint density at radius 1 is 1.47 bits per heavy atom. The normalized spacial score (nSPS) is 12.6. The van der Waals surface area contributed by atoms with Gasteiger partial charge in [-0.2, -0.15) is 11.3 Å². The van der Waals surface area contributed by atoms with Crippen LogP contribution < -0.4 is 5.32 Å². The predicted molar refractivity (Wildman–Crippen MR) is 75.5 cm³/mol. The van der Waals surface area contributed by atoms with E-state index >= 15 is 0 Å². The highest BCUT2D eigenvalue weighted by molar-refractivity contribution is 7.07. The van der Waals surface area contributed by atoms with Crippen molar-refractivity contribution in [1.29, 1.82) is 0 Å². The molecule has 4 nitrogen and oxygen atoms in total. The van der Waals surface area contributed by atoms with E-state index in [1.165, 1.54) is 12.0 Å². The van der Waals surface area contributed by atoms with Gasteiger partial charge in [0.05, 0.1) is 0 Å². The van der Waals surface area contributed by atoms with Gasteiger partial charge in [0.15, 0.2) is 12.1 Å². The summed E-state index contributed by atoms with van der Waals surface area (Å²) in [6.07, 6.45) is 2.15. The molecule has 1 N–H and O–H groups in total. The van der Waals surface area contributed by atoms with Crippen LogP contribution in [0.5, 0.6) is 0 Å². The molecule has 2 rings (SSSR count). The number of aromatic nitrogens is 1. The standard InChI is InChI=1S/C14H18N2O2S/c1-9(2)13-12(15-8-18-13)14(17)16-10(3)6-11-4-5-19-7-11/h4-5,7-10H,6H2,1-3H3,(H,16,17)/t10-/m1/s1. The van der Waals surface area contributed by atoms with E-state index in [9.17, 15) is 4.79 Å². The summed E-state index contributed by atoms with van der Waals surface area (Å²) in [6.45, 7) is 5.95. The lowest BCUT2D eigenvalue weighted by Crippen LogP contribution is -2.34. The monoisotopic (exact) mass is 278 g/mol. The molecule has 1 atom stereocenters. The smallest absolute Gasteiger partial charge is 0.273 e. The highest BCUT2D eigenvalue weighted by atomic mass is 32.1. The average molecular weight is 278 g/mol. The fourth-order valence-electron chi connectivity index (χ4n) is 1.94. The Bertz CT molecular complexity index is 531. The van der Waals surface area contributed by atoms with Crippen molar-refractivity contribution < 1.29 is 9.21 Å². The number of nitrogens with one attached hydrogen (secondary N) is 1. The van der Waals surface area contributed by atoms with Crippen molar-refractivity contribution in [2.75, 3.05) is 0 Å². The lowest BCUT2D eigenvalue weighted by atomic mass is 10.1. The van der Waals surface area contributed by atoms with E-state index in [-0.39, 0.29) is 17.9 Å². The van der Waals surface area contributed by atoms with Gasteiger partial charge >= 0.3 is 0 Å². The summed E-state index contributed by atoms with van der Waals surface area (Å²) in [5, 5.41) is 7.09. The molecular formula is C14H18N2O2S. The van der Waals surface area contributed by atoms with Gasteiger partial charge in [0, 0.05) is 12.0 Å². The first-order chi connectivity index (χ1) is 9.08. The van der Waals surface area contributed by atoms with E-state index in [1.54, 1.807) is 11.3 Å². The largest absolute Gasteiger partial charge is 0.447 e. The Balaban J connectivity index is 1.98. The second-order valence-corrected chi connectivity index (χ2v) is 5.71. The molecule has 0 spiro atoms. The fourth-order valence-corrected chi connectivity index (χ4v) is 2.62. The van der Waals surface area contributed by atoms with Crippen molar-refractivity contribution >= 4 is 17.2 Å². The quantitative estimate of drug-likeness (QED) is 0.913. The molecule has 2 aromatic rings. The van der Waals surface area contributed by atoms with E-state index in [0.717, 1.165) is 6.42 Å². The minimum atomic E-state index is -0.167. The van der Waals surface area contributed by atoms with Gasteiger partial charge in [-0.15, -0.1) is 0 Å². The molecule has 0 fully saturated rings. The number of nitrogens with zero attached hydrogens (tertiary/aromatic N) is 1. The third kappa shape index (κ3) is 3.44. The van der Waals surface area contributed by atoms with Gasteiger partial charge in [-0.05, 0) is 35.7 Å². The summed E-state index contributed by atoms with van der Waals surface area (Å²) in [5.41, 5.74) is 1.63. The van der Waals surface area contributed by atoms with Crippen molar-refractivity contribution in [3.63, 3.8) is 0 Å². The predicted octanol–water partition coefficient (Wildman–Crippen LogP) is 3.22. The molecule has 0 aliphatic rings. The number of carbonyl (C=O) groups excluding carboxylic acids is 1. The molecule has 0 saturated heterocycles. The van der Waals surface area contributed by atoms with Gasteiger partial charge in [0.1, 0.15) is 5.76 Å². The van der Waals surface area contributed by atoms with Gasteiger partial charge in [-0.25, -0.2) is 4.98 Å². The van der Waals surface area contributed by atoms with Gasteiger partial charge in [-0.1, -0.05) is 13.8 Å². The maximum atomic E-state index is 12.1. The Labute approximate surface area is 116 Å². The Morgan fingerprint density at radius 3 is 2.89 bits per heavy atom. The molecule has 102 valence electrons. The van der Waals surface area contributed by atoms with E-state index in [2.05, 4.69) is 21.7 Å². The highest BCUT2D eigenvalue weighted by Gasteiger charge is 2.20. The molecule has 2 heterocycles. The van der Waals surface area contributed by atoms with E-state index in [4.69, 9.17) is 4.42 Å². The molecule has 0 aromatic carbocycles. The molecule has 0 unspecified atom stereocenters. The third-order valence-electron chi connectivity index (χ3n) is 2.83. The zero-order valence-electron chi connectivity index (χ0n) is 11.3. The van der Waals surface area contributed by atoms with Crippen LogP contribution in [-0.2, 0) is 6.42 Å². The fraction of sp³-hybridized carbons (Fsp3) is 0.429. The van der Waals surface area contributed by atoms with Crippen molar-refractivity contribution in [1.82, 2.24) is 10.3 Å². The minimum Gasteiger partial charge on any atom is -0.447 e. The topological polar surface area (TPSA) is 55.1 Å². The molecule has 1 amide bonds. The molecule has 19 heavy (non-hydrogen) atoms. The summed E-state index contributed by atoms with van der Waals surface area (Å²) in [4.78, 5) is 16.1. The van der Waals surface area contributed by atoms with Crippen molar-refractivity contribution in [3.05, 3.63) is 40.2 Å². The number of hydrogen-bond acceptors (Lipinski definition) is 4. The lowest BCUT2D eigenvalue weighted by Gasteiger charge is -2.13. The van der Waals surface area contributed by atoms with E-state index in [0.29, 0.717) is 11.5 Å². The van der Waals surface area contributed by atoms with Crippen LogP contribution in [0.4, 0.5) is 0 Å². The Hall–Kier alpha value is -1.62. The molecule has 5 heteroatoms. The highest BCUT2D eigenvalue weighted by Crippen LogP contribution is 2.18. The van der Waals surface area contributed by atoms with Crippen LogP contribution in [0.25, 0.3) is 0 Å². The summed E-state index contributed by atoms with van der Waals surface area (Å²) >= 11 is 1.66. The number of hydrogen-bond donors (Lipinski definition) is 1. The molecular weight excluding hydrogens is 260 g/mol. The number of oxazole rings is 1. The summed E-state index contributed by atoms with van der Waals surface area (Å²) in [6, 6.07) is 2.14. The second-order valence-electron chi connectivity index (χ2n) is 4.93. The SMILES string of the molecule is CC(C)c1ocnc1C(=O)N[C@H](C)Cc1ccsc1. The maximum absolute atomic E-state index is 12.1. The Morgan fingerprint density at radius 2 is 2.26 bits per heavy atom. The van der Waals surface area contributed by atoms with Crippen LogP contribution >= 0.6 is 11.3 Å². The molecule has 0 aliphatic heterocycles. The Kier molecular flexibility index (Phi) is 4.37. The van der Waals surface area contributed by atoms with Crippen molar-refractivity contribution in [2.45, 2.75) is 39.2 Å². The van der Waals surface area contributed by atoms with Crippen LogP contribution in [0.3, 0.4) is 0 Å². The molecule has 0 bridgehead atoms. The zero-order chi connectivity index (χ0) is 13.8. The van der Waals surface area contributed by atoms with Gasteiger partial charge in [0.2, 0.25) is 0 Å². The molecule has 0 saturated carbocycles. The van der Waals surface area contributed by atoms with Crippen LogP contribution in [0.15, 0.2) is 27.6 Å². The minimum absolute atomic E-state index is 0.0683.